The van der Waals surface area contributed by atoms with Gasteiger partial charge in [-0.25, -0.2) is 0 Å². The first-order valence-corrected chi connectivity index (χ1v) is 3.45. The number of anilines is 2. The summed E-state index contributed by atoms with van der Waals surface area (Å²) >= 11 is 3.92. The van der Waals surface area contributed by atoms with Gasteiger partial charge in [0.1, 0.15) is 0 Å². The molecule has 0 saturated carbocycles. The van der Waals surface area contributed by atoms with E-state index in [2.05, 4.69) is 17.5 Å². The van der Waals surface area contributed by atoms with Crippen LogP contribution in [0, 0.1) is 6.92 Å². The average molecular weight is 154 g/mol. The van der Waals surface area contributed by atoms with Crippen LogP contribution < -0.4 is 10.5 Å². The third-order valence-electron chi connectivity index (χ3n) is 1.38. The SMILES string of the molecule is Cc1ccc(N)cc1NS. The van der Waals surface area contributed by atoms with Gasteiger partial charge in [-0.3, -0.25) is 0 Å². The van der Waals surface area contributed by atoms with Gasteiger partial charge in [0.2, 0.25) is 0 Å². The van der Waals surface area contributed by atoms with E-state index in [-0.39, 0.29) is 0 Å². The predicted octanol–water partition coefficient (Wildman–Crippen LogP) is 1.83. The number of hydrogen-bond acceptors (Lipinski definition) is 3. The van der Waals surface area contributed by atoms with Crippen molar-refractivity contribution in [2.75, 3.05) is 10.5 Å². The standard InChI is InChI=1S/C7H10N2S/c1-5-2-3-6(8)4-7(5)9-10/h2-4,9-10H,8H2,1H3. The molecule has 3 N–H and O–H groups in total. The van der Waals surface area contributed by atoms with E-state index < -0.39 is 0 Å². The lowest BCUT2D eigenvalue weighted by Crippen LogP contribution is -1.89. The van der Waals surface area contributed by atoms with Crippen molar-refractivity contribution in [3.8, 4) is 0 Å². The van der Waals surface area contributed by atoms with Gasteiger partial charge < -0.3 is 10.5 Å². The molecule has 3 heteroatoms. The maximum atomic E-state index is 5.53. The van der Waals surface area contributed by atoms with Gasteiger partial charge in [0.05, 0.1) is 0 Å². The van der Waals surface area contributed by atoms with Crippen LogP contribution in [-0.4, -0.2) is 0 Å². The van der Waals surface area contributed by atoms with Crippen molar-refractivity contribution in [1.29, 1.82) is 0 Å². The lowest BCUT2D eigenvalue weighted by Gasteiger charge is -2.03. The smallest absolute Gasteiger partial charge is 0.0487 e. The molecule has 0 unspecified atom stereocenters. The van der Waals surface area contributed by atoms with Gasteiger partial charge >= 0.3 is 0 Å². The summed E-state index contributed by atoms with van der Waals surface area (Å²) < 4.78 is 2.75. The van der Waals surface area contributed by atoms with Gasteiger partial charge in [0.25, 0.3) is 0 Å². The molecule has 0 aliphatic heterocycles. The highest BCUT2D eigenvalue weighted by molar-refractivity contribution is 7.81. The summed E-state index contributed by atoms with van der Waals surface area (Å²) in [4.78, 5) is 0. The molecule has 0 aliphatic carbocycles. The van der Waals surface area contributed by atoms with Gasteiger partial charge in [-0.05, 0) is 24.6 Å². The Morgan fingerprint density at radius 3 is 2.70 bits per heavy atom. The van der Waals surface area contributed by atoms with E-state index in [1.54, 1.807) is 0 Å². The largest absolute Gasteiger partial charge is 0.399 e. The summed E-state index contributed by atoms with van der Waals surface area (Å²) in [6.45, 7) is 2.00. The van der Waals surface area contributed by atoms with Crippen molar-refractivity contribution < 1.29 is 0 Å². The van der Waals surface area contributed by atoms with Gasteiger partial charge in [0.15, 0.2) is 0 Å². The maximum absolute atomic E-state index is 5.53. The van der Waals surface area contributed by atoms with E-state index in [1.807, 2.05) is 25.1 Å². The van der Waals surface area contributed by atoms with E-state index in [4.69, 9.17) is 5.73 Å². The summed E-state index contributed by atoms with van der Waals surface area (Å²) in [7, 11) is 0. The Morgan fingerprint density at radius 1 is 1.50 bits per heavy atom. The summed E-state index contributed by atoms with van der Waals surface area (Å²) in [5, 5.41) is 0. The van der Waals surface area contributed by atoms with Crippen LogP contribution in [0.3, 0.4) is 0 Å². The second-order valence-corrected chi connectivity index (χ2v) is 2.41. The topological polar surface area (TPSA) is 38.0 Å². The Morgan fingerprint density at radius 2 is 2.20 bits per heavy atom. The van der Waals surface area contributed by atoms with Gasteiger partial charge in [0, 0.05) is 11.4 Å². The third-order valence-corrected chi connectivity index (χ3v) is 1.62. The second kappa shape index (κ2) is 2.84. The summed E-state index contributed by atoms with van der Waals surface area (Å²) in [6, 6.07) is 5.67. The van der Waals surface area contributed by atoms with Crippen LogP contribution in [0.15, 0.2) is 18.2 Å². The molecule has 0 aliphatic rings. The molecule has 10 heavy (non-hydrogen) atoms. The van der Waals surface area contributed by atoms with Crippen LogP contribution in [0.5, 0.6) is 0 Å². The molecule has 0 bridgehead atoms. The van der Waals surface area contributed by atoms with Crippen molar-refractivity contribution >= 4 is 24.2 Å². The van der Waals surface area contributed by atoms with Crippen molar-refractivity contribution in [3.63, 3.8) is 0 Å². The van der Waals surface area contributed by atoms with Crippen LogP contribution in [-0.2, 0) is 0 Å². The zero-order valence-corrected chi connectivity index (χ0v) is 6.65. The molecule has 0 heterocycles. The lowest BCUT2D eigenvalue weighted by molar-refractivity contribution is 1.47. The van der Waals surface area contributed by atoms with Crippen molar-refractivity contribution in [2.45, 2.75) is 6.92 Å². The highest BCUT2D eigenvalue weighted by atomic mass is 32.1. The van der Waals surface area contributed by atoms with E-state index in [9.17, 15) is 0 Å². The first kappa shape index (κ1) is 7.28. The van der Waals surface area contributed by atoms with Crippen LogP contribution in [0.1, 0.15) is 5.56 Å². The molecule has 1 aromatic rings. The molecule has 1 rings (SSSR count). The van der Waals surface area contributed by atoms with Crippen molar-refractivity contribution in [3.05, 3.63) is 23.8 Å². The molecule has 0 aromatic heterocycles. The number of benzene rings is 1. The first-order valence-electron chi connectivity index (χ1n) is 3.00. The summed E-state index contributed by atoms with van der Waals surface area (Å²) in [5.74, 6) is 0. The summed E-state index contributed by atoms with van der Waals surface area (Å²) in [5.41, 5.74) is 8.39. The number of hydrogen-bond donors (Lipinski definition) is 3. The summed E-state index contributed by atoms with van der Waals surface area (Å²) in [6.07, 6.45) is 0. The van der Waals surface area contributed by atoms with E-state index in [1.165, 1.54) is 0 Å². The minimum Gasteiger partial charge on any atom is -0.399 e. The molecular weight excluding hydrogens is 144 g/mol. The minimum absolute atomic E-state index is 0.752. The predicted molar refractivity (Wildman–Crippen MR) is 48.2 cm³/mol. The van der Waals surface area contributed by atoms with Crippen molar-refractivity contribution in [1.82, 2.24) is 0 Å². The van der Waals surface area contributed by atoms with Gasteiger partial charge in [-0.2, -0.15) is 0 Å². The lowest BCUT2D eigenvalue weighted by atomic mass is 10.2. The highest BCUT2D eigenvalue weighted by Crippen LogP contribution is 2.17. The molecule has 2 nitrogen and oxygen atoms in total. The molecular formula is C7H10N2S. The number of nitrogens with one attached hydrogen (secondary N) is 1. The maximum Gasteiger partial charge on any atom is 0.0487 e. The van der Waals surface area contributed by atoms with Crippen LogP contribution >= 0.6 is 12.8 Å². The van der Waals surface area contributed by atoms with Crippen LogP contribution in [0.2, 0.25) is 0 Å². The first-order chi connectivity index (χ1) is 4.74. The molecule has 0 spiro atoms. The molecule has 0 saturated heterocycles. The van der Waals surface area contributed by atoms with Gasteiger partial charge in [-0.15, -0.1) is 0 Å². The average Bonchev–Trinajstić information content (AvgIpc) is 1.94. The normalized spacial score (nSPS) is 9.40. The molecule has 0 atom stereocenters. The zero-order chi connectivity index (χ0) is 7.56. The quantitative estimate of drug-likeness (QED) is 0.426. The van der Waals surface area contributed by atoms with E-state index in [0.29, 0.717) is 0 Å². The second-order valence-electron chi connectivity index (χ2n) is 2.19. The van der Waals surface area contributed by atoms with E-state index >= 15 is 0 Å². The highest BCUT2D eigenvalue weighted by Gasteiger charge is 1.93. The molecule has 1 aromatic carbocycles. The third kappa shape index (κ3) is 1.36. The van der Waals surface area contributed by atoms with Crippen LogP contribution in [0.25, 0.3) is 0 Å². The number of nitrogen functional groups attached to an aromatic ring is 1. The number of nitrogens with two attached hydrogens (primary N) is 1. The molecule has 0 radical (unpaired) electrons. The Kier molecular flexibility index (Phi) is 2.06. The van der Waals surface area contributed by atoms with E-state index in [0.717, 1.165) is 16.9 Å². The molecule has 0 amide bonds. The fraction of sp³-hybridized carbons (Fsp3) is 0.143. The Hall–Kier alpha value is -0.830. The van der Waals surface area contributed by atoms with Gasteiger partial charge in [-0.1, -0.05) is 18.9 Å². The minimum atomic E-state index is 0.752. The van der Waals surface area contributed by atoms with Crippen LogP contribution in [0.4, 0.5) is 11.4 Å². The fourth-order valence-corrected chi connectivity index (χ4v) is 1.00. The number of aryl methyl sites for hydroxylation is 1. The monoisotopic (exact) mass is 154 g/mol. The molecule has 54 valence electrons. The number of rotatable bonds is 1. The Balaban J connectivity index is 3.09. The Bertz CT molecular complexity index is 235. The number of thiol groups is 1. The zero-order valence-electron chi connectivity index (χ0n) is 5.76. The van der Waals surface area contributed by atoms with Crippen molar-refractivity contribution in [2.24, 2.45) is 0 Å². The molecule has 0 fully saturated rings. The fourth-order valence-electron chi connectivity index (χ4n) is 0.760. The Labute approximate surface area is 66.0 Å².